The largest absolute Gasteiger partial charge is 0.395 e. The fraction of sp³-hybridized carbons (Fsp3) is 0.231. The van der Waals surface area contributed by atoms with Gasteiger partial charge in [-0.05, 0) is 31.0 Å². The van der Waals surface area contributed by atoms with Crippen LogP contribution in [0.15, 0.2) is 29.9 Å². The lowest BCUT2D eigenvalue weighted by molar-refractivity contribution is 0.840. The second-order valence-corrected chi connectivity index (χ2v) is 5.54. The first kappa shape index (κ1) is 10.1. The van der Waals surface area contributed by atoms with Crippen LogP contribution in [0.4, 0.5) is 5.69 Å². The molecule has 0 saturated heterocycles. The molecular weight excluding hydrogens is 244 g/mol. The second kappa shape index (κ2) is 3.55. The number of anilines is 1. The number of nitrogens with two attached hydrogens (primary N) is 1. The molecule has 2 aromatic heterocycles. The van der Waals surface area contributed by atoms with Crippen molar-refractivity contribution in [2.24, 2.45) is 0 Å². The third kappa shape index (κ3) is 1.44. The number of aromatic nitrogens is 3. The molecule has 1 aliphatic carbocycles. The van der Waals surface area contributed by atoms with Crippen LogP contribution in [-0.4, -0.2) is 14.8 Å². The van der Waals surface area contributed by atoms with Gasteiger partial charge < -0.3 is 5.73 Å². The van der Waals surface area contributed by atoms with E-state index in [9.17, 15) is 0 Å². The fourth-order valence-corrected chi connectivity index (χ4v) is 2.90. The number of nitrogen functional groups attached to an aromatic ring is 1. The highest BCUT2D eigenvalue weighted by Crippen LogP contribution is 2.39. The van der Waals surface area contributed by atoms with Gasteiger partial charge in [0.15, 0.2) is 0 Å². The van der Waals surface area contributed by atoms with E-state index < -0.39 is 0 Å². The summed E-state index contributed by atoms with van der Waals surface area (Å²) in [5, 5.41) is 4.61. The minimum Gasteiger partial charge on any atom is -0.395 e. The van der Waals surface area contributed by atoms with Crippen molar-refractivity contribution in [1.29, 1.82) is 0 Å². The Morgan fingerprint density at radius 1 is 1.28 bits per heavy atom. The van der Waals surface area contributed by atoms with E-state index in [-0.39, 0.29) is 0 Å². The van der Waals surface area contributed by atoms with E-state index in [2.05, 4.69) is 22.2 Å². The molecule has 2 N–H and O–H groups in total. The molecule has 18 heavy (non-hydrogen) atoms. The lowest BCUT2D eigenvalue weighted by Crippen LogP contribution is -2.01. The van der Waals surface area contributed by atoms with E-state index in [1.807, 2.05) is 22.5 Å². The van der Waals surface area contributed by atoms with Crippen molar-refractivity contribution >= 4 is 27.2 Å². The predicted molar refractivity (Wildman–Crippen MR) is 73.1 cm³/mol. The number of fused-ring (bicyclic) bond motifs is 1. The number of benzene rings is 1. The van der Waals surface area contributed by atoms with Gasteiger partial charge in [-0.15, -0.1) is 11.3 Å². The van der Waals surface area contributed by atoms with Crippen LogP contribution >= 0.6 is 11.3 Å². The standard InChI is InChI=1S/C13H12N4S/c14-12-10(3-4-11-13(12)15-7-18-11)17-6-5-9(16-17)8-1-2-8/h3-8H,1-2,14H2. The molecule has 0 unspecified atom stereocenters. The first-order valence-electron chi connectivity index (χ1n) is 6.00. The van der Waals surface area contributed by atoms with E-state index in [1.165, 1.54) is 18.5 Å². The topological polar surface area (TPSA) is 56.7 Å². The summed E-state index contributed by atoms with van der Waals surface area (Å²) in [6, 6.07) is 6.15. The molecule has 90 valence electrons. The summed E-state index contributed by atoms with van der Waals surface area (Å²) in [6.07, 6.45) is 4.51. The maximum Gasteiger partial charge on any atom is 0.106 e. The first-order valence-corrected chi connectivity index (χ1v) is 6.88. The van der Waals surface area contributed by atoms with E-state index >= 15 is 0 Å². The van der Waals surface area contributed by atoms with Crippen molar-refractivity contribution in [2.75, 3.05) is 5.73 Å². The molecule has 0 amide bonds. The van der Waals surface area contributed by atoms with Crippen LogP contribution in [0.25, 0.3) is 15.9 Å². The smallest absolute Gasteiger partial charge is 0.106 e. The zero-order valence-electron chi connectivity index (χ0n) is 9.71. The maximum atomic E-state index is 6.18. The minimum absolute atomic E-state index is 0.662. The number of rotatable bonds is 2. The van der Waals surface area contributed by atoms with Crippen LogP contribution in [0.2, 0.25) is 0 Å². The Morgan fingerprint density at radius 2 is 2.17 bits per heavy atom. The Morgan fingerprint density at radius 3 is 3.00 bits per heavy atom. The summed E-state index contributed by atoms with van der Waals surface area (Å²) in [5.41, 5.74) is 11.7. The fourth-order valence-electron chi connectivity index (χ4n) is 2.21. The molecule has 0 atom stereocenters. The second-order valence-electron chi connectivity index (χ2n) is 4.66. The lowest BCUT2D eigenvalue weighted by atomic mass is 10.2. The Kier molecular flexibility index (Phi) is 1.99. The van der Waals surface area contributed by atoms with Gasteiger partial charge in [0, 0.05) is 12.1 Å². The molecule has 5 heteroatoms. The zero-order chi connectivity index (χ0) is 12.1. The van der Waals surface area contributed by atoms with E-state index in [0.717, 1.165) is 15.9 Å². The summed E-state index contributed by atoms with van der Waals surface area (Å²) in [6.45, 7) is 0. The Balaban J connectivity index is 1.86. The van der Waals surface area contributed by atoms with Crippen LogP contribution in [0.5, 0.6) is 0 Å². The highest BCUT2D eigenvalue weighted by Gasteiger charge is 2.26. The van der Waals surface area contributed by atoms with Crippen molar-refractivity contribution in [3.8, 4) is 5.69 Å². The summed E-state index contributed by atoms with van der Waals surface area (Å²) in [4.78, 5) is 4.31. The van der Waals surface area contributed by atoms with Gasteiger partial charge in [0.25, 0.3) is 0 Å². The van der Waals surface area contributed by atoms with Gasteiger partial charge in [0.1, 0.15) is 5.52 Å². The van der Waals surface area contributed by atoms with Crippen LogP contribution in [0.1, 0.15) is 24.5 Å². The third-order valence-electron chi connectivity index (χ3n) is 3.37. The number of hydrogen-bond acceptors (Lipinski definition) is 4. The Hall–Kier alpha value is -1.88. The summed E-state index contributed by atoms with van der Waals surface area (Å²) in [7, 11) is 0. The van der Waals surface area contributed by atoms with Gasteiger partial charge in [-0.1, -0.05) is 0 Å². The molecule has 4 rings (SSSR count). The molecule has 1 aliphatic rings. The van der Waals surface area contributed by atoms with Crippen LogP contribution in [0.3, 0.4) is 0 Å². The van der Waals surface area contributed by atoms with Crippen molar-refractivity contribution < 1.29 is 0 Å². The van der Waals surface area contributed by atoms with E-state index in [1.54, 1.807) is 11.3 Å². The molecule has 0 radical (unpaired) electrons. The van der Waals surface area contributed by atoms with Gasteiger partial charge >= 0.3 is 0 Å². The normalized spacial score (nSPS) is 15.3. The van der Waals surface area contributed by atoms with Crippen molar-refractivity contribution in [2.45, 2.75) is 18.8 Å². The van der Waals surface area contributed by atoms with Crippen molar-refractivity contribution in [3.05, 3.63) is 35.6 Å². The molecule has 0 bridgehead atoms. The summed E-state index contributed by atoms with van der Waals surface area (Å²) in [5.74, 6) is 0.662. The highest BCUT2D eigenvalue weighted by atomic mass is 32.1. The first-order chi connectivity index (χ1) is 8.83. The molecule has 0 aliphatic heterocycles. The van der Waals surface area contributed by atoms with E-state index in [0.29, 0.717) is 11.6 Å². The predicted octanol–water partition coefficient (Wildman–Crippen LogP) is 2.94. The van der Waals surface area contributed by atoms with Gasteiger partial charge in [-0.2, -0.15) is 5.10 Å². The van der Waals surface area contributed by atoms with Crippen LogP contribution in [-0.2, 0) is 0 Å². The summed E-state index contributed by atoms with van der Waals surface area (Å²) >= 11 is 1.60. The third-order valence-corrected chi connectivity index (χ3v) is 4.16. The average Bonchev–Trinajstić information content (AvgIpc) is 2.93. The quantitative estimate of drug-likeness (QED) is 0.717. The maximum absolute atomic E-state index is 6.18. The van der Waals surface area contributed by atoms with Gasteiger partial charge in [-0.25, -0.2) is 9.67 Å². The highest BCUT2D eigenvalue weighted by molar-refractivity contribution is 7.16. The summed E-state index contributed by atoms with van der Waals surface area (Å²) < 4.78 is 2.98. The molecule has 2 heterocycles. The van der Waals surface area contributed by atoms with Crippen LogP contribution in [0, 0.1) is 0 Å². The van der Waals surface area contributed by atoms with Gasteiger partial charge in [0.05, 0.1) is 27.3 Å². The van der Waals surface area contributed by atoms with Crippen LogP contribution < -0.4 is 5.73 Å². The number of hydrogen-bond donors (Lipinski definition) is 1. The number of nitrogens with zero attached hydrogens (tertiary/aromatic N) is 3. The Labute approximate surface area is 108 Å². The molecule has 3 aromatic rings. The van der Waals surface area contributed by atoms with Crippen molar-refractivity contribution in [3.63, 3.8) is 0 Å². The molecular formula is C13H12N4S. The number of thiazole rings is 1. The molecule has 1 aromatic carbocycles. The van der Waals surface area contributed by atoms with Gasteiger partial charge in [0.2, 0.25) is 0 Å². The molecule has 4 nitrogen and oxygen atoms in total. The monoisotopic (exact) mass is 256 g/mol. The van der Waals surface area contributed by atoms with E-state index in [4.69, 9.17) is 5.73 Å². The molecule has 1 fully saturated rings. The lowest BCUT2D eigenvalue weighted by Gasteiger charge is -2.05. The zero-order valence-corrected chi connectivity index (χ0v) is 10.5. The SMILES string of the molecule is Nc1c(-n2ccc(C3CC3)n2)ccc2scnc12. The average molecular weight is 256 g/mol. The van der Waals surface area contributed by atoms with Gasteiger partial charge in [-0.3, -0.25) is 0 Å². The van der Waals surface area contributed by atoms with Crippen molar-refractivity contribution in [1.82, 2.24) is 14.8 Å². The Bertz CT molecular complexity index is 724. The molecule has 0 spiro atoms. The minimum atomic E-state index is 0.662. The molecule has 1 saturated carbocycles.